The number of fused-ring (bicyclic) bond motifs is 1. The van der Waals surface area contributed by atoms with Crippen molar-refractivity contribution in [3.8, 4) is 11.1 Å². The maximum absolute atomic E-state index is 14.0. The molecule has 170 valence electrons. The molecule has 1 fully saturated rings. The van der Waals surface area contributed by atoms with Crippen molar-refractivity contribution in [3.05, 3.63) is 76.2 Å². The van der Waals surface area contributed by atoms with Crippen LogP contribution in [0, 0.1) is 11.8 Å². The normalized spacial score (nSPS) is 16.4. The van der Waals surface area contributed by atoms with Crippen molar-refractivity contribution in [2.75, 3.05) is 0 Å². The Morgan fingerprint density at radius 2 is 1.88 bits per heavy atom. The SMILES string of the molecule is O=c1[nH]c(Cc2cc(F)ccc2-c2ccc(F)nc2)nc2c1cnn2C1CCC(F)(F)CC1. The molecular weight excluding hydrogens is 438 g/mol. The molecule has 5 rings (SSSR count). The third-order valence-corrected chi connectivity index (χ3v) is 6.01. The highest BCUT2D eigenvalue weighted by Gasteiger charge is 2.36. The van der Waals surface area contributed by atoms with Gasteiger partial charge in [0.05, 0.1) is 12.2 Å². The number of hydrogen-bond donors (Lipinski definition) is 1. The first-order chi connectivity index (χ1) is 15.8. The van der Waals surface area contributed by atoms with Crippen molar-refractivity contribution in [2.24, 2.45) is 0 Å². The summed E-state index contributed by atoms with van der Waals surface area (Å²) >= 11 is 0. The van der Waals surface area contributed by atoms with Gasteiger partial charge in [0.2, 0.25) is 11.9 Å². The lowest BCUT2D eigenvalue weighted by atomic mass is 9.92. The van der Waals surface area contributed by atoms with Gasteiger partial charge < -0.3 is 4.98 Å². The molecule has 1 N–H and O–H groups in total. The minimum atomic E-state index is -2.68. The summed E-state index contributed by atoms with van der Waals surface area (Å²) in [5, 5.41) is 4.51. The fourth-order valence-electron chi connectivity index (χ4n) is 4.31. The molecule has 3 heterocycles. The Balaban J connectivity index is 1.52. The maximum Gasteiger partial charge on any atom is 0.262 e. The van der Waals surface area contributed by atoms with E-state index >= 15 is 0 Å². The van der Waals surface area contributed by atoms with Gasteiger partial charge in [-0.1, -0.05) is 6.07 Å². The third-order valence-electron chi connectivity index (χ3n) is 6.01. The van der Waals surface area contributed by atoms with Crippen molar-refractivity contribution in [1.82, 2.24) is 24.7 Å². The van der Waals surface area contributed by atoms with E-state index in [9.17, 15) is 22.4 Å². The minimum absolute atomic E-state index is 0.0869. The summed E-state index contributed by atoms with van der Waals surface area (Å²) in [6.45, 7) is 0. The molecule has 1 aliphatic carbocycles. The van der Waals surface area contributed by atoms with Crippen LogP contribution in [-0.2, 0) is 6.42 Å². The van der Waals surface area contributed by atoms with Gasteiger partial charge in [-0.15, -0.1) is 0 Å². The Kier molecular flexibility index (Phi) is 5.22. The Morgan fingerprint density at radius 3 is 2.61 bits per heavy atom. The lowest BCUT2D eigenvalue weighted by molar-refractivity contribution is -0.0446. The number of rotatable bonds is 4. The van der Waals surface area contributed by atoms with E-state index in [1.165, 1.54) is 36.7 Å². The van der Waals surface area contributed by atoms with Crippen molar-refractivity contribution >= 4 is 11.0 Å². The van der Waals surface area contributed by atoms with E-state index in [4.69, 9.17) is 0 Å². The molecule has 10 heteroatoms. The molecule has 0 spiro atoms. The van der Waals surface area contributed by atoms with E-state index in [2.05, 4.69) is 20.1 Å². The van der Waals surface area contributed by atoms with Crippen LogP contribution in [0.5, 0.6) is 0 Å². The van der Waals surface area contributed by atoms with Gasteiger partial charge in [0.15, 0.2) is 5.65 Å². The Morgan fingerprint density at radius 1 is 1.09 bits per heavy atom. The van der Waals surface area contributed by atoms with Crippen LogP contribution in [0.2, 0.25) is 0 Å². The summed E-state index contributed by atoms with van der Waals surface area (Å²) in [5.74, 6) is -3.51. The van der Waals surface area contributed by atoms with Gasteiger partial charge >= 0.3 is 0 Å². The molecule has 3 aromatic heterocycles. The smallest absolute Gasteiger partial charge is 0.262 e. The number of halogens is 4. The molecule has 4 aromatic rings. The average molecular weight is 457 g/mol. The Hall–Kier alpha value is -3.56. The number of nitrogens with one attached hydrogen (secondary N) is 1. The van der Waals surface area contributed by atoms with Crippen LogP contribution in [0.15, 0.2) is 47.5 Å². The van der Waals surface area contributed by atoms with Gasteiger partial charge in [-0.25, -0.2) is 27.8 Å². The molecule has 33 heavy (non-hydrogen) atoms. The monoisotopic (exact) mass is 457 g/mol. The van der Waals surface area contributed by atoms with E-state index in [-0.39, 0.29) is 49.4 Å². The van der Waals surface area contributed by atoms with Gasteiger partial charge in [0.1, 0.15) is 17.0 Å². The van der Waals surface area contributed by atoms with Crippen molar-refractivity contribution in [3.63, 3.8) is 0 Å². The molecule has 0 atom stereocenters. The van der Waals surface area contributed by atoms with E-state index < -0.39 is 23.2 Å². The Labute approximate surface area is 185 Å². The predicted octanol–water partition coefficient (Wildman–Crippen LogP) is 4.80. The molecule has 1 aromatic carbocycles. The topological polar surface area (TPSA) is 76.5 Å². The molecule has 0 unspecified atom stereocenters. The quantitative estimate of drug-likeness (QED) is 0.353. The predicted molar refractivity (Wildman–Crippen MR) is 113 cm³/mol. The zero-order valence-corrected chi connectivity index (χ0v) is 17.4. The average Bonchev–Trinajstić information content (AvgIpc) is 3.19. The van der Waals surface area contributed by atoms with Crippen LogP contribution in [-0.4, -0.2) is 30.7 Å². The highest BCUT2D eigenvalue weighted by molar-refractivity contribution is 5.73. The molecule has 0 radical (unpaired) electrons. The highest BCUT2D eigenvalue weighted by Crippen LogP contribution is 2.38. The molecule has 0 bridgehead atoms. The number of pyridine rings is 1. The van der Waals surface area contributed by atoms with Crippen molar-refractivity contribution < 1.29 is 17.6 Å². The first kappa shape index (κ1) is 21.3. The van der Waals surface area contributed by atoms with Crippen LogP contribution in [0.3, 0.4) is 0 Å². The molecular formula is C23H19F4N5O. The second kappa shape index (κ2) is 8.09. The number of aromatic nitrogens is 5. The van der Waals surface area contributed by atoms with Crippen molar-refractivity contribution in [1.29, 1.82) is 0 Å². The summed E-state index contributed by atoms with van der Waals surface area (Å²) in [5.41, 5.74) is 1.63. The van der Waals surface area contributed by atoms with E-state index in [0.29, 0.717) is 22.3 Å². The van der Waals surface area contributed by atoms with Gasteiger partial charge in [0.25, 0.3) is 5.56 Å². The summed E-state index contributed by atoms with van der Waals surface area (Å²) in [7, 11) is 0. The van der Waals surface area contributed by atoms with Gasteiger partial charge in [-0.2, -0.15) is 9.49 Å². The zero-order valence-electron chi connectivity index (χ0n) is 17.4. The van der Waals surface area contributed by atoms with E-state index in [1.54, 1.807) is 10.7 Å². The number of aromatic amines is 1. The van der Waals surface area contributed by atoms with Crippen LogP contribution in [0.1, 0.15) is 43.1 Å². The lowest BCUT2D eigenvalue weighted by Gasteiger charge is -2.28. The van der Waals surface area contributed by atoms with Gasteiger partial charge in [0, 0.05) is 31.0 Å². The molecule has 6 nitrogen and oxygen atoms in total. The number of nitrogens with zero attached hydrogens (tertiary/aromatic N) is 4. The summed E-state index contributed by atoms with van der Waals surface area (Å²) in [4.78, 5) is 23.5. The van der Waals surface area contributed by atoms with Crippen LogP contribution in [0.4, 0.5) is 17.6 Å². The van der Waals surface area contributed by atoms with Gasteiger partial charge in [-0.3, -0.25) is 4.79 Å². The first-order valence-electron chi connectivity index (χ1n) is 10.5. The first-order valence-corrected chi connectivity index (χ1v) is 10.5. The molecule has 1 aliphatic rings. The summed E-state index contributed by atoms with van der Waals surface area (Å²) in [6, 6.07) is 6.63. The summed E-state index contributed by atoms with van der Waals surface area (Å²) < 4.78 is 56.0. The van der Waals surface area contributed by atoms with Crippen molar-refractivity contribution in [2.45, 2.75) is 44.1 Å². The molecule has 0 amide bonds. The van der Waals surface area contributed by atoms with E-state index in [1.807, 2.05) is 0 Å². The molecule has 1 saturated carbocycles. The van der Waals surface area contributed by atoms with Crippen LogP contribution >= 0.6 is 0 Å². The van der Waals surface area contributed by atoms with E-state index in [0.717, 1.165) is 0 Å². The number of hydrogen-bond acceptors (Lipinski definition) is 4. The largest absolute Gasteiger partial charge is 0.310 e. The van der Waals surface area contributed by atoms with Gasteiger partial charge in [-0.05, 0) is 48.2 Å². The second-order valence-electron chi connectivity index (χ2n) is 8.27. The number of benzene rings is 1. The summed E-state index contributed by atoms with van der Waals surface area (Å²) in [6.07, 6.45) is 2.80. The number of H-pyrrole nitrogens is 1. The fraction of sp³-hybridized carbons (Fsp3) is 0.304. The fourth-order valence-corrected chi connectivity index (χ4v) is 4.31. The van der Waals surface area contributed by atoms with Crippen LogP contribution in [0.25, 0.3) is 22.2 Å². The minimum Gasteiger partial charge on any atom is -0.310 e. The Bertz CT molecular complexity index is 1370. The second-order valence-corrected chi connectivity index (χ2v) is 8.27. The maximum atomic E-state index is 14.0. The standard InChI is InChI=1S/C23H19F4N5O/c24-15-2-3-17(13-1-4-19(25)28-11-13)14(9-15)10-20-30-21-18(22(33)31-20)12-29-32(21)16-5-7-23(26,27)8-6-16/h1-4,9,11-12,16H,5-8,10H2,(H,30,31,33). The molecule has 0 saturated heterocycles. The van der Waals surface area contributed by atoms with Crippen LogP contribution < -0.4 is 5.56 Å². The number of alkyl halides is 2. The third kappa shape index (κ3) is 4.24. The lowest BCUT2D eigenvalue weighted by Crippen LogP contribution is -2.27. The zero-order chi connectivity index (χ0) is 23.2. The molecule has 0 aliphatic heterocycles. The highest BCUT2D eigenvalue weighted by atomic mass is 19.3.